The predicted molar refractivity (Wildman–Crippen MR) is 128 cm³/mol. The normalized spacial score (nSPS) is 17.5. The average Bonchev–Trinajstić information content (AvgIpc) is 3.00. The Morgan fingerprint density at radius 3 is 2.15 bits per heavy atom. The van der Waals surface area contributed by atoms with Crippen molar-refractivity contribution in [2.75, 3.05) is 6.54 Å². The fourth-order valence-electron chi connectivity index (χ4n) is 4.62. The van der Waals surface area contributed by atoms with Gasteiger partial charge in [0, 0.05) is 6.54 Å². The van der Waals surface area contributed by atoms with Crippen LogP contribution >= 0.6 is 0 Å². The molecule has 3 rings (SSSR count). The number of benzene rings is 2. The molecule has 1 heterocycles. The van der Waals surface area contributed by atoms with Crippen LogP contribution in [0.25, 0.3) is 10.8 Å². The van der Waals surface area contributed by atoms with Gasteiger partial charge in [-0.2, -0.15) is 13.2 Å². The summed E-state index contributed by atoms with van der Waals surface area (Å²) in [5.41, 5.74) is 2.94. The molecular formula is C27H37F3N2O. The van der Waals surface area contributed by atoms with Crippen molar-refractivity contribution in [1.29, 1.82) is 0 Å². The van der Waals surface area contributed by atoms with Crippen LogP contribution in [0.2, 0.25) is 0 Å². The average molecular weight is 463 g/mol. The lowest BCUT2D eigenvalue weighted by Crippen LogP contribution is -2.43. The van der Waals surface area contributed by atoms with E-state index in [1.807, 2.05) is 12.1 Å². The van der Waals surface area contributed by atoms with E-state index in [2.05, 4.69) is 18.4 Å². The van der Waals surface area contributed by atoms with E-state index < -0.39 is 17.6 Å². The minimum Gasteiger partial charge on any atom is -0.287 e. The van der Waals surface area contributed by atoms with Gasteiger partial charge in [-0.3, -0.25) is 10.2 Å². The first-order chi connectivity index (χ1) is 15.6. The summed E-state index contributed by atoms with van der Waals surface area (Å²) in [4.78, 5) is 12.1. The quantitative estimate of drug-likeness (QED) is 0.351. The minimum atomic E-state index is -4.50. The first-order valence-corrected chi connectivity index (χ1v) is 12.3. The van der Waals surface area contributed by atoms with Crippen molar-refractivity contribution in [3.8, 4) is 0 Å². The van der Waals surface area contributed by atoms with E-state index in [4.69, 9.17) is 0 Å². The molecule has 1 aliphatic rings. The van der Waals surface area contributed by atoms with Crippen LogP contribution in [-0.4, -0.2) is 23.6 Å². The van der Waals surface area contributed by atoms with Gasteiger partial charge in [0.1, 0.15) is 6.04 Å². The number of hydrogen-bond donors (Lipinski definition) is 1. The number of fused-ring (bicyclic) bond motifs is 1. The monoisotopic (exact) mass is 462 g/mol. The van der Waals surface area contributed by atoms with E-state index in [1.54, 1.807) is 26.0 Å². The Kier molecular flexibility index (Phi) is 8.43. The van der Waals surface area contributed by atoms with Crippen LogP contribution in [0.1, 0.15) is 89.3 Å². The maximum Gasteiger partial charge on any atom is 0.409 e. The fourth-order valence-corrected chi connectivity index (χ4v) is 4.62. The zero-order chi connectivity index (χ0) is 24.1. The smallest absolute Gasteiger partial charge is 0.287 e. The molecule has 1 N–H and O–H groups in total. The molecule has 1 aliphatic heterocycles. The minimum absolute atomic E-state index is 0.00554. The standard InChI is InChI=1S/C27H37F3N2O/c1-4-5-6-7-8-9-10-11-12-20-13-14-22-18-23(16-15-21(22)17-20)24(27(28,29)30)32-19-26(2,3)25(33)31-32/h13-18,24H,4-12,19H2,1-3H3,(H,31,33). The molecule has 0 aliphatic carbocycles. The van der Waals surface area contributed by atoms with Gasteiger partial charge in [-0.25, -0.2) is 5.01 Å². The zero-order valence-corrected chi connectivity index (χ0v) is 20.1. The molecule has 6 heteroatoms. The van der Waals surface area contributed by atoms with Crippen LogP contribution in [0.4, 0.5) is 13.2 Å². The van der Waals surface area contributed by atoms with Crippen LogP contribution in [0.15, 0.2) is 36.4 Å². The molecule has 0 saturated carbocycles. The summed E-state index contributed by atoms with van der Waals surface area (Å²) >= 11 is 0. The first-order valence-electron chi connectivity index (χ1n) is 12.3. The molecule has 1 saturated heterocycles. The molecule has 33 heavy (non-hydrogen) atoms. The van der Waals surface area contributed by atoms with Crippen molar-refractivity contribution in [3.05, 3.63) is 47.5 Å². The number of hydrogen-bond acceptors (Lipinski definition) is 2. The number of carbonyl (C=O) groups excluding carboxylic acids is 1. The molecule has 1 fully saturated rings. The third kappa shape index (κ3) is 6.72. The van der Waals surface area contributed by atoms with Crippen molar-refractivity contribution in [3.63, 3.8) is 0 Å². The SMILES string of the molecule is CCCCCCCCCCc1ccc2cc(C(N3CC(C)(C)C(=O)N3)C(F)(F)F)ccc2c1. The predicted octanol–water partition coefficient (Wildman–Crippen LogP) is 7.50. The largest absolute Gasteiger partial charge is 0.409 e. The Balaban J connectivity index is 1.65. The lowest BCUT2D eigenvalue weighted by molar-refractivity contribution is -0.191. The van der Waals surface area contributed by atoms with Crippen molar-refractivity contribution in [2.45, 2.75) is 90.8 Å². The van der Waals surface area contributed by atoms with Crippen LogP contribution in [0.5, 0.6) is 0 Å². The highest BCUT2D eigenvalue weighted by molar-refractivity contribution is 5.85. The second-order valence-corrected chi connectivity index (χ2v) is 10.1. The number of unbranched alkanes of at least 4 members (excludes halogenated alkanes) is 7. The summed E-state index contributed by atoms with van der Waals surface area (Å²) in [5.74, 6) is -0.386. The van der Waals surface area contributed by atoms with Crippen LogP contribution in [0.3, 0.4) is 0 Å². The summed E-state index contributed by atoms with van der Waals surface area (Å²) in [6.07, 6.45) is 6.67. The molecule has 0 spiro atoms. The van der Waals surface area contributed by atoms with Gasteiger partial charge >= 0.3 is 6.18 Å². The van der Waals surface area contributed by atoms with Crippen molar-refractivity contribution in [2.24, 2.45) is 5.41 Å². The Bertz CT molecular complexity index is 939. The van der Waals surface area contributed by atoms with Gasteiger partial charge in [0.25, 0.3) is 0 Å². The van der Waals surface area contributed by atoms with E-state index in [-0.39, 0.29) is 18.0 Å². The summed E-state index contributed by atoms with van der Waals surface area (Å²) in [7, 11) is 0. The number of rotatable bonds is 11. The van der Waals surface area contributed by atoms with E-state index in [0.29, 0.717) is 0 Å². The van der Waals surface area contributed by atoms with E-state index in [1.165, 1.54) is 56.6 Å². The summed E-state index contributed by atoms with van der Waals surface area (Å²) in [5, 5.41) is 2.76. The Morgan fingerprint density at radius 1 is 0.939 bits per heavy atom. The summed E-state index contributed by atoms with van der Waals surface area (Å²) < 4.78 is 42.0. The van der Waals surface area contributed by atoms with Gasteiger partial charge in [0.05, 0.1) is 5.41 Å². The Morgan fingerprint density at radius 2 is 1.55 bits per heavy atom. The van der Waals surface area contributed by atoms with Crippen molar-refractivity contribution >= 4 is 16.7 Å². The number of nitrogens with zero attached hydrogens (tertiary/aromatic N) is 1. The van der Waals surface area contributed by atoms with Gasteiger partial charge in [0.2, 0.25) is 5.91 Å². The molecule has 0 radical (unpaired) electrons. The van der Waals surface area contributed by atoms with Crippen LogP contribution in [0, 0.1) is 5.41 Å². The lowest BCUT2D eigenvalue weighted by Gasteiger charge is -2.30. The number of aryl methyl sites for hydroxylation is 1. The van der Waals surface area contributed by atoms with E-state index in [0.717, 1.165) is 28.6 Å². The molecule has 3 nitrogen and oxygen atoms in total. The third-order valence-electron chi connectivity index (χ3n) is 6.61. The zero-order valence-electron chi connectivity index (χ0n) is 20.1. The number of hydrazine groups is 1. The topological polar surface area (TPSA) is 32.3 Å². The van der Waals surface area contributed by atoms with E-state index >= 15 is 0 Å². The molecule has 1 atom stereocenters. The Hall–Kier alpha value is -2.08. The number of nitrogens with one attached hydrogen (secondary N) is 1. The van der Waals surface area contributed by atoms with E-state index in [9.17, 15) is 18.0 Å². The highest BCUT2D eigenvalue weighted by Crippen LogP contribution is 2.41. The summed E-state index contributed by atoms with van der Waals surface area (Å²) in [6.45, 7) is 5.55. The third-order valence-corrected chi connectivity index (χ3v) is 6.61. The lowest BCUT2D eigenvalue weighted by atomic mass is 9.93. The number of carbonyl (C=O) groups is 1. The molecule has 182 valence electrons. The first kappa shape index (κ1) is 25.5. The molecule has 2 aromatic carbocycles. The molecule has 1 unspecified atom stereocenters. The van der Waals surface area contributed by atoms with Gasteiger partial charge in [-0.15, -0.1) is 0 Å². The number of alkyl halides is 3. The molecular weight excluding hydrogens is 425 g/mol. The maximum absolute atomic E-state index is 14.0. The maximum atomic E-state index is 14.0. The van der Waals surface area contributed by atoms with Gasteiger partial charge < -0.3 is 0 Å². The second kappa shape index (κ2) is 10.9. The highest BCUT2D eigenvalue weighted by Gasteiger charge is 2.51. The number of halogens is 3. The molecule has 0 bridgehead atoms. The van der Waals surface area contributed by atoms with Crippen molar-refractivity contribution in [1.82, 2.24) is 10.4 Å². The summed E-state index contributed by atoms with van der Waals surface area (Å²) in [6, 6.07) is 9.07. The second-order valence-electron chi connectivity index (χ2n) is 10.1. The molecule has 1 amide bonds. The van der Waals surface area contributed by atoms with Gasteiger partial charge in [-0.05, 0) is 54.7 Å². The molecule has 0 aromatic heterocycles. The van der Waals surface area contributed by atoms with Gasteiger partial charge in [0.15, 0.2) is 0 Å². The Labute approximate surface area is 195 Å². The van der Waals surface area contributed by atoms with Crippen LogP contribution < -0.4 is 5.43 Å². The van der Waals surface area contributed by atoms with Crippen LogP contribution in [-0.2, 0) is 11.2 Å². The van der Waals surface area contributed by atoms with Crippen molar-refractivity contribution < 1.29 is 18.0 Å². The highest BCUT2D eigenvalue weighted by atomic mass is 19.4. The fraction of sp³-hybridized carbons (Fsp3) is 0.593. The van der Waals surface area contributed by atoms with Gasteiger partial charge in [-0.1, -0.05) is 82.2 Å². The number of amides is 1. The molecule has 2 aromatic rings.